The summed E-state index contributed by atoms with van der Waals surface area (Å²) in [6, 6.07) is 9.00. The Morgan fingerprint density at radius 1 is 0.923 bits per heavy atom. The van der Waals surface area contributed by atoms with Crippen molar-refractivity contribution in [1.82, 2.24) is 24.3 Å². The Morgan fingerprint density at radius 2 is 1.58 bits per heavy atom. The smallest absolute Gasteiger partial charge is 0.283 e. The van der Waals surface area contributed by atoms with Crippen LogP contribution < -0.4 is 11.1 Å². The van der Waals surface area contributed by atoms with E-state index >= 15 is 0 Å². The molecule has 0 bridgehead atoms. The highest BCUT2D eigenvalue weighted by molar-refractivity contribution is 5.81. The Kier molecular flexibility index (Phi) is 3.57. The lowest BCUT2D eigenvalue weighted by Gasteiger charge is -2.12. The second kappa shape index (κ2) is 5.80. The Morgan fingerprint density at radius 3 is 2.23 bits per heavy atom. The summed E-state index contributed by atoms with van der Waals surface area (Å²) in [5, 5.41) is 3.37. The van der Waals surface area contributed by atoms with Gasteiger partial charge in [0.1, 0.15) is 0 Å². The molecule has 130 valence electrons. The average molecular weight is 347 g/mol. The number of nitrogens with one attached hydrogen (secondary N) is 1. The number of aromatic nitrogens is 5. The molecule has 0 spiro atoms. The minimum atomic E-state index is -0.290. The van der Waals surface area contributed by atoms with Gasteiger partial charge in [-0.2, -0.15) is 4.68 Å². The zero-order chi connectivity index (χ0) is 18.4. The first kappa shape index (κ1) is 16.0. The van der Waals surface area contributed by atoms with Crippen molar-refractivity contribution in [3.05, 3.63) is 80.3 Å². The number of hydrogen-bond acceptors (Lipinski definition) is 4. The first-order chi connectivity index (χ1) is 12.5. The molecular formula is C19H17N5O2. The quantitative estimate of drug-likeness (QED) is 0.602. The lowest BCUT2D eigenvalue weighted by Crippen LogP contribution is -2.22. The van der Waals surface area contributed by atoms with Gasteiger partial charge in [0.15, 0.2) is 0 Å². The van der Waals surface area contributed by atoms with Crippen LogP contribution in [0, 0.1) is 20.8 Å². The van der Waals surface area contributed by atoms with E-state index in [1.807, 2.05) is 32.0 Å². The van der Waals surface area contributed by atoms with Crippen molar-refractivity contribution in [3.63, 3.8) is 0 Å². The van der Waals surface area contributed by atoms with Crippen molar-refractivity contribution in [2.75, 3.05) is 0 Å². The number of benzene rings is 1. The summed E-state index contributed by atoms with van der Waals surface area (Å²) in [5.41, 5.74) is 3.39. The van der Waals surface area contributed by atoms with Crippen LogP contribution in [0.25, 0.3) is 22.5 Å². The maximum Gasteiger partial charge on any atom is 0.283 e. The summed E-state index contributed by atoms with van der Waals surface area (Å²) in [6.45, 7) is 5.73. The number of rotatable bonds is 2. The summed E-state index contributed by atoms with van der Waals surface area (Å²) in [4.78, 5) is 33.8. The van der Waals surface area contributed by atoms with E-state index in [-0.39, 0.29) is 17.1 Å². The highest BCUT2D eigenvalue weighted by atomic mass is 16.1. The Bertz CT molecular complexity index is 1230. The fourth-order valence-electron chi connectivity index (χ4n) is 3.32. The van der Waals surface area contributed by atoms with Gasteiger partial charge in [-0.25, -0.2) is 9.97 Å². The largest absolute Gasteiger partial charge is 0.287 e. The Hall–Kier alpha value is -3.48. The van der Waals surface area contributed by atoms with Crippen LogP contribution in [-0.2, 0) is 0 Å². The van der Waals surface area contributed by atoms with Gasteiger partial charge in [-0.3, -0.25) is 19.3 Å². The van der Waals surface area contributed by atoms with Crippen LogP contribution in [0.4, 0.5) is 0 Å². The lowest BCUT2D eigenvalue weighted by molar-refractivity contribution is 0.793. The minimum Gasteiger partial charge on any atom is -0.287 e. The first-order valence-electron chi connectivity index (χ1n) is 8.19. The zero-order valence-electron chi connectivity index (χ0n) is 14.6. The number of aromatic amines is 1. The van der Waals surface area contributed by atoms with Crippen molar-refractivity contribution in [1.29, 1.82) is 0 Å². The summed E-state index contributed by atoms with van der Waals surface area (Å²) >= 11 is 0. The van der Waals surface area contributed by atoms with Gasteiger partial charge in [-0.05, 0) is 50.1 Å². The van der Waals surface area contributed by atoms with E-state index in [4.69, 9.17) is 0 Å². The van der Waals surface area contributed by atoms with Gasteiger partial charge in [0, 0.05) is 29.8 Å². The maximum absolute atomic E-state index is 12.9. The van der Waals surface area contributed by atoms with Crippen LogP contribution in [-0.4, -0.2) is 24.3 Å². The zero-order valence-corrected chi connectivity index (χ0v) is 14.6. The first-order valence-corrected chi connectivity index (χ1v) is 8.19. The summed E-state index contributed by atoms with van der Waals surface area (Å²) in [7, 11) is 0. The van der Waals surface area contributed by atoms with Gasteiger partial charge >= 0.3 is 0 Å². The van der Waals surface area contributed by atoms with Gasteiger partial charge in [-0.15, -0.1) is 0 Å². The van der Waals surface area contributed by atoms with Gasteiger partial charge in [0.05, 0.1) is 10.9 Å². The van der Waals surface area contributed by atoms with E-state index in [1.165, 1.54) is 10.7 Å². The van der Waals surface area contributed by atoms with E-state index in [1.54, 1.807) is 30.0 Å². The normalized spacial score (nSPS) is 11.2. The molecule has 0 aliphatic carbocycles. The summed E-state index contributed by atoms with van der Waals surface area (Å²) in [6.07, 6.45) is 3.11. The predicted octanol–water partition coefficient (Wildman–Crippen LogP) is 2.18. The van der Waals surface area contributed by atoms with Crippen molar-refractivity contribution < 1.29 is 0 Å². The Balaban J connectivity index is 2.05. The molecule has 0 radical (unpaired) electrons. The molecule has 1 N–H and O–H groups in total. The van der Waals surface area contributed by atoms with E-state index in [9.17, 15) is 9.59 Å². The molecule has 4 aromatic rings. The highest BCUT2D eigenvalue weighted by Crippen LogP contribution is 2.18. The Labute approximate surface area is 148 Å². The third-order valence-electron chi connectivity index (χ3n) is 4.32. The van der Waals surface area contributed by atoms with Crippen molar-refractivity contribution in [2.24, 2.45) is 0 Å². The third-order valence-corrected chi connectivity index (χ3v) is 4.32. The average Bonchev–Trinajstić information content (AvgIpc) is 2.91. The molecule has 26 heavy (non-hydrogen) atoms. The van der Waals surface area contributed by atoms with Crippen molar-refractivity contribution in [3.8, 4) is 11.6 Å². The van der Waals surface area contributed by atoms with Gasteiger partial charge in [-0.1, -0.05) is 6.07 Å². The molecule has 4 rings (SSSR count). The molecule has 3 aromatic heterocycles. The number of nitrogens with zero attached hydrogens (tertiary/aromatic N) is 4. The molecular weight excluding hydrogens is 330 g/mol. The lowest BCUT2D eigenvalue weighted by atomic mass is 10.1. The molecule has 0 fully saturated rings. The molecule has 0 saturated carbocycles. The van der Waals surface area contributed by atoms with E-state index < -0.39 is 0 Å². The topological polar surface area (TPSA) is 85.6 Å². The standard InChI is InChI=1S/C19H17N5O2/c1-11-7-12(2)9-14(8-11)23-13(3)17-15(10-16(23)25)22-24(18(17)26)19-20-5-4-6-21-19/h4-10,22H,1-3H3. The monoisotopic (exact) mass is 347 g/mol. The summed E-state index contributed by atoms with van der Waals surface area (Å²) < 4.78 is 2.82. The van der Waals surface area contributed by atoms with Crippen LogP contribution in [0.5, 0.6) is 0 Å². The minimum absolute atomic E-state index is 0.206. The van der Waals surface area contributed by atoms with Crippen molar-refractivity contribution >= 4 is 10.9 Å². The molecule has 3 heterocycles. The van der Waals surface area contributed by atoms with Gasteiger partial charge < -0.3 is 0 Å². The van der Waals surface area contributed by atoms with Gasteiger partial charge in [0.25, 0.3) is 17.1 Å². The van der Waals surface area contributed by atoms with Crippen LogP contribution in [0.3, 0.4) is 0 Å². The second-order valence-corrected chi connectivity index (χ2v) is 6.34. The molecule has 0 unspecified atom stereocenters. The third kappa shape index (κ3) is 2.45. The number of pyridine rings is 1. The van der Waals surface area contributed by atoms with E-state index in [0.29, 0.717) is 16.6 Å². The van der Waals surface area contributed by atoms with E-state index in [2.05, 4.69) is 15.1 Å². The second-order valence-electron chi connectivity index (χ2n) is 6.34. The molecule has 0 amide bonds. The SMILES string of the molecule is Cc1cc(C)cc(-n2c(C)c3c(=O)n(-c4ncccn4)[nH]c3cc2=O)c1. The fourth-order valence-corrected chi connectivity index (χ4v) is 3.32. The van der Waals surface area contributed by atoms with Gasteiger partial charge in [0.2, 0.25) is 0 Å². The van der Waals surface area contributed by atoms with Crippen LogP contribution in [0.1, 0.15) is 16.8 Å². The number of H-pyrrole nitrogens is 1. The van der Waals surface area contributed by atoms with Crippen LogP contribution in [0.2, 0.25) is 0 Å². The molecule has 0 aliphatic rings. The molecule has 0 saturated heterocycles. The van der Waals surface area contributed by atoms with E-state index in [0.717, 1.165) is 16.8 Å². The fraction of sp³-hybridized carbons (Fsp3) is 0.158. The molecule has 7 heteroatoms. The molecule has 1 aromatic carbocycles. The maximum atomic E-state index is 12.9. The molecule has 7 nitrogen and oxygen atoms in total. The highest BCUT2D eigenvalue weighted by Gasteiger charge is 2.17. The number of fused-ring (bicyclic) bond motifs is 1. The number of aryl methyl sites for hydroxylation is 3. The molecule has 0 atom stereocenters. The number of hydrogen-bond donors (Lipinski definition) is 1. The summed E-state index contributed by atoms with van der Waals surface area (Å²) in [5.74, 6) is 0.235. The van der Waals surface area contributed by atoms with Crippen LogP contribution >= 0.6 is 0 Å². The van der Waals surface area contributed by atoms with Crippen molar-refractivity contribution in [2.45, 2.75) is 20.8 Å². The van der Waals surface area contributed by atoms with Crippen LogP contribution in [0.15, 0.2) is 52.3 Å². The molecule has 0 aliphatic heterocycles. The predicted molar refractivity (Wildman–Crippen MR) is 99.3 cm³/mol.